The van der Waals surface area contributed by atoms with Crippen molar-refractivity contribution in [2.75, 3.05) is 13.1 Å². The van der Waals surface area contributed by atoms with Gasteiger partial charge in [-0.05, 0) is 44.1 Å². The first-order valence-corrected chi connectivity index (χ1v) is 7.93. The number of carbonyl (C=O) groups is 1. The maximum absolute atomic E-state index is 11.7. The Labute approximate surface area is 117 Å². The highest BCUT2D eigenvalue weighted by Crippen LogP contribution is 2.40. The van der Waals surface area contributed by atoms with E-state index in [0.717, 1.165) is 25.4 Å². The molecule has 0 aromatic rings. The molecule has 2 rings (SSSR count). The van der Waals surface area contributed by atoms with Crippen LogP contribution in [-0.4, -0.2) is 35.1 Å². The molecule has 0 spiro atoms. The Morgan fingerprint density at radius 1 is 1.26 bits per heavy atom. The molecule has 3 atom stereocenters. The monoisotopic (exact) mass is 267 g/mol. The van der Waals surface area contributed by atoms with Crippen molar-refractivity contribution in [2.24, 2.45) is 17.3 Å². The van der Waals surface area contributed by atoms with Crippen molar-refractivity contribution in [2.45, 2.75) is 65.3 Å². The lowest BCUT2D eigenvalue weighted by Gasteiger charge is -2.32. The molecule has 110 valence electrons. The van der Waals surface area contributed by atoms with Crippen LogP contribution in [0.2, 0.25) is 0 Å². The van der Waals surface area contributed by atoms with Gasteiger partial charge in [-0.1, -0.05) is 33.6 Å². The number of likely N-dealkylation sites (tertiary alicyclic amines) is 1. The molecule has 3 heteroatoms. The number of hydrogen-bond donors (Lipinski definition) is 1. The van der Waals surface area contributed by atoms with E-state index in [2.05, 4.69) is 25.7 Å². The number of nitrogens with zero attached hydrogens (tertiary/aromatic N) is 1. The summed E-state index contributed by atoms with van der Waals surface area (Å²) in [7, 11) is 0. The first-order valence-electron chi connectivity index (χ1n) is 7.93. The van der Waals surface area contributed by atoms with Gasteiger partial charge in [0.1, 0.15) is 0 Å². The number of carboxylic acid groups (broad SMARTS) is 1. The summed E-state index contributed by atoms with van der Waals surface area (Å²) in [6.07, 6.45) is 7.31. The highest BCUT2D eigenvalue weighted by atomic mass is 16.4. The van der Waals surface area contributed by atoms with E-state index < -0.39 is 11.4 Å². The smallest absolute Gasteiger partial charge is 0.311 e. The fraction of sp³-hybridized carbons (Fsp3) is 0.938. The second-order valence-electron chi connectivity index (χ2n) is 7.10. The standard InChI is InChI=1S/C16H29NO2/c1-12(2)16(15(18)19)9-10-17(11-16)14-6-4-5-13(3)7-8-14/h12-14H,4-11H2,1-3H3,(H,18,19). The maximum atomic E-state index is 11.7. The molecule has 1 saturated heterocycles. The van der Waals surface area contributed by atoms with Gasteiger partial charge in [-0.3, -0.25) is 9.69 Å². The van der Waals surface area contributed by atoms with Crippen LogP contribution >= 0.6 is 0 Å². The van der Waals surface area contributed by atoms with Gasteiger partial charge in [0.25, 0.3) is 0 Å². The largest absolute Gasteiger partial charge is 0.481 e. The fourth-order valence-electron chi connectivity index (χ4n) is 3.90. The second kappa shape index (κ2) is 5.82. The fourth-order valence-corrected chi connectivity index (χ4v) is 3.90. The molecule has 1 saturated carbocycles. The SMILES string of the molecule is CC1CCCC(N2CCC(C(=O)O)(C(C)C)C2)CC1. The first-order chi connectivity index (χ1) is 8.95. The Hall–Kier alpha value is -0.570. The zero-order chi connectivity index (χ0) is 14.0. The van der Waals surface area contributed by atoms with E-state index in [1.54, 1.807) is 0 Å². The minimum Gasteiger partial charge on any atom is -0.481 e. The minimum atomic E-state index is -0.591. The Morgan fingerprint density at radius 3 is 2.58 bits per heavy atom. The third-order valence-electron chi connectivity index (χ3n) is 5.60. The molecule has 3 unspecified atom stereocenters. The molecule has 1 N–H and O–H groups in total. The van der Waals surface area contributed by atoms with Gasteiger partial charge in [0.15, 0.2) is 0 Å². The summed E-state index contributed by atoms with van der Waals surface area (Å²) in [4.78, 5) is 14.2. The van der Waals surface area contributed by atoms with Gasteiger partial charge in [0.05, 0.1) is 5.41 Å². The number of hydrogen-bond acceptors (Lipinski definition) is 2. The van der Waals surface area contributed by atoms with E-state index >= 15 is 0 Å². The number of carboxylic acids is 1. The average molecular weight is 267 g/mol. The molecule has 0 bridgehead atoms. The summed E-state index contributed by atoms with van der Waals surface area (Å²) in [5.41, 5.74) is -0.502. The predicted octanol–water partition coefficient (Wildman–Crippen LogP) is 3.39. The van der Waals surface area contributed by atoms with E-state index in [0.29, 0.717) is 6.04 Å². The zero-order valence-electron chi connectivity index (χ0n) is 12.7. The lowest BCUT2D eigenvalue weighted by molar-refractivity contribution is -0.151. The molecule has 1 heterocycles. The van der Waals surface area contributed by atoms with Crippen LogP contribution in [0.5, 0.6) is 0 Å². The van der Waals surface area contributed by atoms with E-state index in [1.807, 2.05) is 0 Å². The van der Waals surface area contributed by atoms with Crippen molar-refractivity contribution in [3.63, 3.8) is 0 Å². The zero-order valence-corrected chi connectivity index (χ0v) is 12.7. The number of rotatable bonds is 3. The average Bonchev–Trinajstić information content (AvgIpc) is 2.69. The molecule has 1 aliphatic carbocycles. The lowest BCUT2D eigenvalue weighted by Crippen LogP contribution is -2.41. The van der Waals surface area contributed by atoms with Crippen molar-refractivity contribution in [3.05, 3.63) is 0 Å². The van der Waals surface area contributed by atoms with Gasteiger partial charge in [-0.2, -0.15) is 0 Å². The summed E-state index contributed by atoms with van der Waals surface area (Å²) in [5, 5.41) is 9.62. The minimum absolute atomic E-state index is 0.222. The van der Waals surface area contributed by atoms with Gasteiger partial charge in [0, 0.05) is 12.6 Å². The maximum Gasteiger partial charge on any atom is 0.311 e. The third kappa shape index (κ3) is 2.96. The molecule has 19 heavy (non-hydrogen) atoms. The number of aliphatic carboxylic acids is 1. The van der Waals surface area contributed by atoms with E-state index in [9.17, 15) is 9.90 Å². The summed E-state index contributed by atoms with van der Waals surface area (Å²) >= 11 is 0. The van der Waals surface area contributed by atoms with Gasteiger partial charge in [-0.15, -0.1) is 0 Å². The quantitative estimate of drug-likeness (QED) is 0.797. The molecule has 0 amide bonds. The molecule has 2 fully saturated rings. The van der Waals surface area contributed by atoms with Crippen molar-refractivity contribution in [1.82, 2.24) is 4.90 Å². The van der Waals surface area contributed by atoms with Crippen molar-refractivity contribution in [1.29, 1.82) is 0 Å². The molecule has 0 aromatic carbocycles. The van der Waals surface area contributed by atoms with Crippen molar-refractivity contribution in [3.8, 4) is 0 Å². The topological polar surface area (TPSA) is 40.5 Å². The van der Waals surface area contributed by atoms with Gasteiger partial charge < -0.3 is 5.11 Å². The van der Waals surface area contributed by atoms with Crippen LogP contribution in [0.3, 0.4) is 0 Å². The molecule has 2 aliphatic rings. The summed E-state index contributed by atoms with van der Waals surface area (Å²) in [5.74, 6) is 0.480. The Bertz CT molecular complexity index is 329. The van der Waals surface area contributed by atoms with Gasteiger partial charge in [-0.25, -0.2) is 0 Å². The van der Waals surface area contributed by atoms with Crippen LogP contribution in [0.1, 0.15) is 59.3 Å². The molecule has 1 aliphatic heterocycles. The van der Waals surface area contributed by atoms with Crippen LogP contribution in [0, 0.1) is 17.3 Å². The molecule has 0 aromatic heterocycles. The highest BCUT2D eigenvalue weighted by molar-refractivity contribution is 5.75. The normalized spacial score (nSPS) is 37.5. The van der Waals surface area contributed by atoms with Gasteiger partial charge >= 0.3 is 5.97 Å². The van der Waals surface area contributed by atoms with Crippen molar-refractivity contribution >= 4 is 5.97 Å². The van der Waals surface area contributed by atoms with E-state index in [1.165, 1.54) is 32.1 Å². The predicted molar refractivity (Wildman–Crippen MR) is 77.1 cm³/mol. The molecular weight excluding hydrogens is 238 g/mol. The second-order valence-corrected chi connectivity index (χ2v) is 7.10. The van der Waals surface area contributed by atoms with Crippen LogP contribution in [0.4, 0.5) is 0 Å². The van der Waals surface area contributed by atoms with Crippen LogP contribution in [-0.2, 0) is 4.79 Å². The Balaban J connectivity index is 2.02. The molecule has 3 nitrogen and oxygen atoms in total. The van der Waals surface area contributed by atoms with E-state index in [-0.39, 0.29) is 5.92 Å². The third-order valence-corrected chi connectivity index (χ3v) is 5.60. The van der Waals surface area contributed by atoms with Crippen LogP contribution in [0.15, 0.2) is 0 Å². The summed E-state index contributed by atoms with van der Waals surface area (Å²) < 4.78 is 0. The van der Waals surface area contributed by atoms with Crippen LogP contribution in [0.25, 0.3) is 0 Å². The Kier molecular flexibility index (Phi) is 4.54. The lowest BCUT2D eigenvalue weighted by atomic mass is 9.76. The van der Waals surface area contributed by atoms with Crippen molar-refractivity contribution < 1.29 is 9.90 Å². The van der Waals surface area contributed by atoms with Crippen LogP contribution < -0.4 is 0 Å². The van der Waals surface area contributed by atoms with E-state index in [4.69, 9.17) is 0 Å². The van der Waals surface area contributed by atoms with Gasteiger partial charge in [0.2, 0.25) is 0 Å². The Morgan fingerprint density at radius 2 is 2.00 bits per heavy atom. The molecular formula is C16H29NO2. The highest BCUT2D eigenvalue weighted by Gasteiger charge is 2.48. The first kappa shape index (κ1) is 14.8. The molecule has 0 radical (unpaired) electrons. The summed E-state index contributed by atoms with van der Waals surface area (Å²) in [6, 6.07) is 0.630. The summed E-state index contributed by atoms with van der Waals surface area (Å²) in [6.45, 7) is 8.21.